The van der Waals surface area contributed by atoms with E-state index in [1.165, 1.54) is 17.0 Å². The van der Waals surface area contributed by atoms with E-state index in [9.17, 15) is 0 Å². The van der Waals surface area contributed by atoms with Crippen LogP contribution in [0.3, 0.4) is 0 Å². The number of ether oxygens (including phenoxy) is 1. The van der Waals surface area contributed by atoms with E-state index in [1.54, 1.807) is 6.20 Å². The minimum Gasteiger partial charge on any atom is -0.472 e. The van der Waals surface area contributed by atoms with Crippen LogP contribution in [0.1, 0.15) is 25.6 Å². The lowest BCUT2D eigenvalue weighted by Crippen LogP contribution is -2.44. The Morgan fingerprint density at radius 3 is 2.58 bits per heavy atom. The van der Waals surface area contributed by atoms with E-state index in [2.05, 4.69) is 70.0 Å². The van der Waals surface area contributed by atoms with E-state index in [0.717, 1.165) is 36.7 Å². The lowest BCUT2D eigenvalue weighted by Gasteiger charge is -2.34. The second-order valence-electron chi connectivity index (χ2n) is 9.49. The van der Waals surface area contributed by atoms with Gasteiger partial charge in [-0.1, -0.05) is 32.1 Å². The first-order valence-electron chi connectivity index (χ1n) is 11.3. The number of likely N-dealkylation sites (N-methyl/N-ethyl adjacent to an activating group) is 1. The predicted molar refractivity (Wildman–Crippen MR) is 139 cm³/mol. The van der Waals surface area contributed by atoms with Crippen LogP contribution < -0.4 is 16.0 Å². The average Bonchev–Trinajstić information content (AvgIpc) is 3.43. The van der Waals surface area contributed by atoms with Crippen LogP contribution in [0.25, 0.3) is 6.08 Å². The van der Waals surface area contributed by atoms with Gasteiger partial charge in [0.1, 0.15) is 6.10 Å². The molecule has 1 saturated heterocycles. The number of nitrogens with two attached hydrogens (primary N) is 1. The number of aromatic nitrogens is 1. The Morgan fingerprint density at radius 2 is 1.91 bits per heavy atom. The first-order valence-corrected chi connectivity index (χ1v) is 12.1. The molecule has 0 aliphatic carbocycles. The van der Waals surface area contributed by atoms with Crippen molar-refractivity contribution in [2.24, 2.45) is 21.1 Å². The fourth-order valence-corrected chi connectivity index (χ4v) is 4.30. The number of nitrogens with one attached hydrogen (secondary N) is 1. The molecule has 8 nitrogen and oxygen atoms in total. The Labute approximate surface area is 199 Å². The first-order chi connectivity index (χ1) is 15.8. The molecule has 2 aliphatic heterocycles. The summed E-state index contributed by atoms with van der Waals surface area (Å²) in [7, 11) is 2.16. The van der Waals surface area contributed by atoms with Crippen LogP contribution in [0.15, 0.2) is 46.5 Å². The van der Waals surface area contributed by atoms with Crippen molar-refractivity contribution in [3.8, 4) is 0 Å². The maximum absolute atomic E-state index is 6.11. The van der Waals surface area contributed by atoms with Crippen molar-refractivity contribution in [2.75, 3.05) is 50.0 Å². The van der Waals surface area contributed by atoms with Crippen molar-refractivity contribution in [3.05, 3.63) is 41.4 Å². The maximum Gasteiger partial charge on any atom is 0.212 e. The summed E-state index contributed by atoms with van der Waals surface area (Å²) in [5.74, 6) is 0.971. The third kappa shape index (κ3) is 6.33. The third-order valence-electron chi connectivity index (χ3n) is 5.77. The van der Waals surface area contributed by atoms with Crippen molar-refractivity contribution in [1.82, 2.24) is 9.88 Å². The van der Waals surface area contributed by atoms with Crippen LogP contribution >= 0.6 is 11.3 Å². The molecule has 176 valence electrons. The first kappa shape index (κ1) is 23.3. The summed E-state index contributed by atoms with van der Waals surface area (Å²) in [5, 5.41) is 3.74. The molecule has 4 rings (SSSR count). The van der Waals surface area contributed by atoms with Crippen molar-refractivity contribution in [2.45, 2.75) is 26.9 Å². The van der Waals surface area contributed by atoms with Crippen LogP contribution in [-0.2, 0) is 4.74 Å². The Kier molecular flexibility index (Phi) is 6.99. The van der Waals surface area contributed by atoms with Gasteiger partial charge < -0.3 is 25.6 Å². The molecule has 1 aromatic heterocycles. The van der Waals surface area contributed by atoms with E-state index in [1.807, 2.05) is 24.3 Å². The van der Waals surface area contributed by atoms with Crippen LogP contribution in [-0.4, -0.2) is 67.6 Å². The fourth-order valence-electron chi connectivity index (χ4n) is 3.59. The number of rotatable bonds is 5. The molecule has 3 N–H and O–H groups in total. The van der Waals surface area contributed by atoms with E-state index < -0.39 is 0 Å². The summed E-state index contributed by atoms with van der Waals surface area (Å²) < 4.78 is 5.92. The summed E-state index contributed by atoms with van der Waals surface area (Å²) in [6, 6.07) is 8.29. The standard InChI is InChI=1S/C24H33N7OS/c1-24(2,3)20-16-26-21(32-20)10-9-19-15-27-23(33-19)29-22(25)28-17-5-7-18(8-6-17)31-13-11-30(4)12-14-31/h5-10,15,20H,11-14,16H2,1-4H3,(H3,25,27,28,29)/b10-9+. The lowest BCUT2D eigenvalue weighted by molar-refractivity contribution is 0.104. The zero-order valence-electron chi connectivity index (χ0n) is 19.8. The fraction of sp³-hybridized carbons (Fsp3) is 0.458. The molecule has 2 aromatic rings. The van der Waals surface area contributed by atoms with Crippen molar-refractivity contribution >= 4 is 45.8 Å². The van der Waals surface area contributed by atoms with Crippen molar-refractivity contribution in [3.63, 3.8) is 0 Å². The number of anilines is 2. The highest BCUT2D eigenvalue weighted by Gasteiger charge is 2.30. The van der Waals surface area contributed by atoms with E-state index in [0.29, 0.717) is 23.5 Å². The van der Waals surface area contributed by atoms with Gasteiger partial charge in [-0.3, -0.25) is 0 Å². The van der Waals surface area contributed by atoms with Gasteiger partial charge in [0.05, 0.1) is 6.54 Å². The molecule has 0 spiro atoms. The number of guanidine groups is 1. The zero-order valence-corrected chi connectivity index (χ0v) is 20.6. The smallest absolute Gasteiger partial charge is 0.212 e. The number of hydrogen-bond acceptors (Lipinski definition) is 7. The lowest BCUT2D eigenvalue weighted by atomic mass is 9.89. The number of piperazine rings is 1. The third-order valence-corrected chi connectivity index (χ3v) is 6.62. The SMILES string of the molecule is CN1CCN(c2ccc(N/C(N)=N/c3ncc(/C=C/C4=NCC(C(C)(C)C)O4)s3)cc2)CC1. The maximum atomic E-state index is 6.11. The Balaban J connectivity index is 1.31. The van der Waals surface area contributed by atoms with Gasteiger partial charge in [0.2, 0.25) is 17.0 Å². The second kappa shape index (κ2) is 9.93. The molecule has 1 aromatic carbocycles. The molecule has 0 saturated carbocycles. The quantitative estimate of drug-likeness (QED) is 0.513. The van der Waals surface area contributed by atoms with Gasteiger partial charge in [-0.15, -0.1) is 0 Å². The van der Waals surface area contributed by atoms with Crippen LogP contribution in [0.5, 0.6) is 0 Å². The Hall–Kier alpha value is -2.91. The summed E-state index contributed by atoms with van der Waals surface area (Å²) in [6.07, 6.45) is 5.71. The molecule has 9 heteroatoms. The highest BCUT2D eigenvalue weighted by Crippen LogP contribution is 2.27. The van der Waals surface area contributed by atoms with Crippen LogP contribution in [0.2, 0.25) is 0 Å². The summed E-state index contributed by atoms with van der Waals surface area (Å²) in [4.78, 5) is 18.9. The van der Waals surface area contributed by atoms with Gasteiger partial charge in [0.15, 0.2) is 0 Å². The molecular weight excluding hydrogens is 434 g/mol. The van der Waals surface area contributed by atoms with Gasteiger partial charge >= 0.3 is 0 Å². The number of aliphatic imine (C=N–C) groups is 2. The monoisotopic (exact) mass is 467 g/mol. The normalized spacial score (nSPS) is 20.2. The molecular formula is C24H33N7OS. The minimum absolute atomic E-state index is 0.0703. The molecule has 1 unspecified atom stereocenters. The van der Waals surface area contributed by atoms with E-state index in [-0.39, 0.29) is 11.5 Å². The van der Waals surface area contributed by atoms with Gasteiger partial charge in [-0.05, 0) is 37.4 Å². The number of nitrogens with zero attached hydrogens (tertiary/aromatic N) is 5. The molecule has 0 bridgehead atoms. The molecule has 33 heavy (non-hydrogen) atoms. The molecule has 1 fully saturated rings. The summed E-state index contributed by atoms with van der Waals surface area (Å²) in [6.45, 7) is 11.4. The summed E-state index contributed by atoms with van der Waals surface area (Å²) in [5.41, 5.74) is 8.30. The Bertz CT molecular complexity index is 1030. The largest absolute Gasteiger partial charge is 0.472 e. The molecule has 1 atom stereocenters. The Morgan fingerprint density at radius 1 is 1.18 bits per heavy atom. The molecule has 2 aliphatic rings. The number of hydrogen-bond donors (Lipinski definition) is 2. The van der Waals surface area contributed by atoms with Gasteiger partial charge in [-0.2, -0.15) is 4.99 Å². The zero-order chi connectivity index (χ0) is 23.4. The molecule has 0 radical (unpaired) electrons. The van der Waals surface area contributed by atoms with Crippen molar-refractivity contribution < 1.29 is 4.74 Å². The predicted octanol–water partition coefficient (Wildman–Crippen LogP) is 3.81. The highest BCUT2D eigenvalue weighted by molar-refractivity contribution is 7.16. The average molecular weight is 468 g/mol. The topological polar surface area (TPSA) is 91.4 Å². The molecule has 3 heterocycles. The van der Waals surface area contributed by atoms with Gasteiger partial charge in [0, 0.05) is 60.1 Å². The summed E-state index contributed by atoms with van der Waals surface area (Å²) >= 11 is 1.46. The van der Waals surface area contributed by atoms with Crippen molar-refractivity contribution in [1.29, 1.82) is 0 Å². The van der Waals surface area contributed by atoms with Crippen LogP contribution in [0.4, 0.5) is 16.5 Å². The number of benzene rings is 1. The highest BCUT2D eigenvalue weighted by atomic mass is 32.1. The van der Waals surface area contributed by atoms with Gasteiger partial charge in [0.25, 0.3) is 0 Å². The van der Waals surface area contributed by atoms with Crippen LogP contribution in [0, 0.1) is 5.41 Å². The van der Waals surface area contributed by atoms with E-state index in [4.69, 9.17) is 10.5 Å². The van der Waals surface area contributed by atoms with E-state index >= 15 is 0 Å². The molecule has 0 amide bonds. The minimum atomic E-state index is 0.0703. The van der Waals surface area contributed by atoms with Gasteiger partial charge in [-0.25, -0.2) is 9.98 Å². The second-order valence-corrected chi connectivity index (χ2v) is 10.5. The number of thiazole rings is 1.